The van der Waals surface area contributed by atoms with Gasteiger partial charge in [0.1, 0.15) is 0 Å². The third-order valence-electron chi connectivity index (χ3n) is 3.05. The van der Waals surface area contributed by atoms with Crippen molar-refractivity contribution in [1.82, 2.24) is 0 Å². The Kier molecular flexibility index (Phi) is 6.11. The molecule has 2 aromatic carbocycles. The molecule has 0 saturated carbocycles. The molecule has 1 amide bonds. The van der Waals surface area contributed by atoms with Gasteiger partial charge in [0.25, 0.3) is 0 Å². The molecule has 0 radical (unpaired) electrons. The summed E-state index contributed by atoms with van der Waals surface area (Å²) in [6.45, 7) is 2.30. The number of benzene rings is 2. The number of hydrogen-bond acceptors (Lipinski definition) is 4. The normalized spacial score (nSPS) is 10.8. The summed E-state index contributed by atoms with van der Waals surface area (Å²) in [6, 6.07) is 13.5. The van der Waals surface area contributed by atoms with E-state index in [0.717, 1.165) is 16.0 Å². The molecule has 0 spiro atoms. The maximum absolute atomic E-state index is 10.9. The van der Waals surface area contributed by atoms with Crippen LogP contribution >= 0.6 is 11.8 Å². The first-order valence-electron chi connectivity index (χ1n) is 7.24. The molecule has 23 heavy (non-hydrogen) atoms. The van der Waals surface area contributed by atoms with Gasteiger partial charge in [-0.25, -0.2) is 0 Å². The lowest BCUT2D eigenvalue weighted by Crippen LogP contribution is -2.05. The highest BCUT2D eigenvalue weighted by molar-refractivity contribution is 7.98. The highest BCUT2D eigenvalue weighted by atomic mass is 32.2. The van der Waals surface area contributed by atoms with Crippen LogP contribution in [0.2, 0.25) is 0 Å². The van der Waals surface area contributed by atoms with E-state index in [1.807, 2.05) is 43.3 Å². The molecule has 4 nitrogen and oxygen atoms in total. The highest BCUT2D eigenvalue weighted by Crippen LogP contribution is 2.36. The quantitative estimate of drug-likeness (QED) is 0.601. The molecule has 0 aliphatic carbocycles. The maximum atomic E-state index is 10.9. The predicted molar refractivity (Wildman–Crippen MR) is 93.5 cm³/mol. The minimum absolute atomic E-state index is 0.131. The molecule has 0 unspecified atom stereocenters. The van der Waals surface area contributed by atoms with Crippen LogP contribution in [0.25, 0.3) is 6.08 Å². The second kappa shape index (κ2) is 8.29. The molecule has 0 aliphatic heterocycles. The summed E-state index contributed by atoms with van der Waals surface area (Å²) in [6.07, 6.45) is 2.90. The number of phenolic OH excluding ortho intramolecular Hbond substituents is 1. The maximum Gasteiger partial charge on any atom is 0.241 e. The highest BCUT2D eigenvalue weighted by Gasteiger charge is 2.11. The third kappa shape index (κ3) is 5.07. The number of primary amides is 1. The number of nitrogens with two attached hydrogens (primary N) is 1. The Hall–Kier alpha value is -2.40. The zero-order valence-electron chi connectivity index (χ0n) is 12.9. The van der Waals surface area contributed by atoms with Crippen molar-refractivity contribution in [3.8, 4) is 11.5 Å². The lowest BCUT2D eigenvalue weighted by Gasteiger charge is -2.12. The molecule has 0 fully saturated rings. The molecule has 3 N–H and O–H groups in total. The van der Waals surface area contributed by atoms with E-state index in [4.69, 9.17) is 10.5 Å². The van der Waals surface area contributed by atoms with E-state index in [-0.39, 0.29) is 5.75 Å². The number of carbonyl (C=O) groups excluding carboxylic acids is 1. The van der Waals surface area contributed by atoms with Crippen molar-refractivity contribution < 1.29 is 14.6 Å². The molecule has 5 heteroatoms. The van der Waals surface area contributed by atoms with E-state index < -0.39 is 5.91 Å². The summed E-state index contributed by atoms with van der Waals surface area (Å²) in [5, 5.41) is 10.3. The zero-order valence-corrected chi connectivity index (χ0v) is 13.7. The Balaban J connectivity index is 2.26. The Labute approximate surface area is 140 Å². The van der Waals surface area contributed by atoms with Gasteiger partial charge in [-0.15, -0.1) is 11.8 Å². The van der Waals surface area contributed by atoms with Gasteiger partial charge in [0.15, 0.2) is 11.5 Å². The molecular weight excluding hydrogens is 310 g/mol. The van der Waals surface area contributed by atoms with Crippen molar-refractivity contribution in [3.63, 3.8) is 0 Å². The average Bonchev–Trinajstić information content (AvgIpc) is 2.55. The second-order valence-electron chi connectivity index (χ2n) is 4.80. The lowest BCUT2D eigenvalue weighted by atomic mass is 10.1. The van der Waals surface area contributed by atoms with Crippen LogP contribution in [0.1, 0.15) is 18.1 Å². The summed E-state index contributed by atoms with van der Waals surface area (Å²) in [5.74, 6) is 0.610. The van der Waals surface area contributed by atoms with Crippen LogP contribution in [0.15, 0.2) is 53.4 Å². The second-order valence-corrected chi connectivity index (χ2v) is 5.85. The fraction of sp³-hybridized carbons (Fsp3) is 0.167. The minimum atomic E-state index is -0.517. The van der Waals surface area contributed by atoms with Gasteiger partial charge in [-0.05, 0) is 42.8 Å². The van der Waals surface area contributed by atoms with Gasteiger partial charge in [0.05, 0.1) is 6.61 Å². The average molecular weight is 329 g/mol. The Morgan fingerprint density at radius 1 is 1.30 bits per heavy atom. The topological polar surface area (TPSA) is 72.5 Å². The van der Waals surface area contributed by atoms with Gasteiger partial charge in [-0.3, -0.25) is 4.79 Å². The summed E-state index contributed by atoms with van der Waals surface area (Å²) >= 11 is 1.62. The van der Waals surface area contributed by atoms with E-state index in [1.165, 1.54) is 6.08 Å². The number of ether oxygens (including phenoxy) is 1. The first-order valence-corrected chi connectivity index (χ1v) is 8.22. The number of rotatable bonds is 7. The monoisotopic (exact) mass is 329 g/mol. The van der Waals surface area contributed by atoms with Crippen LogP contribution in [-0.4, -0.2) is 17.6 Å². The Morgan fingerprint density at radius 3 is 2.70 bits per heavy atom. The fourth-order valence-corrected chi connectivity index (χ4v) is 2.91. The molecule has 2 rings (SSSR count). The SMILES string of the molecule is CCOc1cc(/C=C/C(N)=O)cc(CSc2ccccc2)c1O. The number of aromatic hydroxyl groups is 1. The van der Waals surface area contributed by atoms with Crippen molar-refractivity contribution in [2.45, 2.75) is 17.6 Å². The van der Waals surface area contributed by atoms with Gasteiger partial charge in [-0.2, -0.15) is 0 Å². The van der Waals surface area contributed by atoms with Gasteiger partial charge < -0.3 is 15.6 Å². The molecule has 2 aromatic rings. The smallest absolute Gasteiger partial charge is 0.241 e. The van der Waals surface area contributed by atoms with Crippen LogP contribution < -0.4 is 10.5 Å². The van der Waals surface area contributed by atoms with Crippen molar-refractivity contribution in [1.29, 1.82) is 0 Å². The molecule has 0 heterocycles. The van der Waals surface area contributed by atoms with Crippen LogP contribution in [0, 0.1) is 0 Å². The van der Waals surface area contributed by atoms with E-state index in [0.29, 0.717) is 18.1 Å². The third-order valence-corrected chi connectivity index (χ3v) is 4.11. The van der Waals surface area contributed by atoms with Crippen molar-refractivity contribution in [2.75, 3.05) is 6.61 Å². The van der Waals surface area contributed by atoms with Gasteiger partial charge in [-0.1, -0.05) is 18.2 Å². The summed E-state index contributed by atoms with van der Waals surface area (Å²) in [7, 11) is 0. The molecule has 0 bridgehead atoms. The fourth-order valence-electron chi connectivity index (χ4n) is 2.02. The number of amides is 1. The van der Waals surface area contributed by atoms with E-state index >= 15 is 0 Å². The first-order chi connectivity index (χ1) is 11.1. The zero-order chi connectivity index (χ0) is 16.7. The van der Waals surface area contributed by atoms with E-state index in [9.17, 15) is 9.90 Å². The lowest BCUT2D eigenvalue weighted by molar-refractivity contribution is -0.113. The van der Waals surface area contributed by atoms with Crippen LogP contribution in [-0.2, 0) is 10.5 Å². The van der Waals surface area contributed by atoms with Crippen LogP contribution in [0.4, 0.5) is 0 Å². The summed E-state index contributed by atoms with van der Waals surface area (Å²) < 4.78 is 5.47. The van der Waals surface area contributed by atoms with Gasteiger partial charge in [0.2, 0.25) is 5.91 Å². The molecule has 0 saturated heterocycles. The van der Waals surface area contributed by atoms with Crippen molar-refractivity contribution >= 4 is 23.7 Å². The Bertz CT molecular complexity index is 699. The standard InChI is InChI=1S/C18H19NO3S/c1-2-22-16-11-13(8-9-17(19)20)10-14(18(16)21)12-23-15-6-4-3-5-7-15/h3-11,21H,2,12H2,1H3,(H2,19,20)/b9-8+. The number of carbonyl (C=O) groups is 1. The van der Waals surface area contributed by atoms with Gasteiger partial charge >= 0.3 is 0 Å². The van der Waals surface area contributed by atoms with Crippen LogP contribution in [0.3, 0.4) is 0 Å². The molecule has 0 aliphatic rings. The molecule has 120 valence electrons. The predicted octanol–water partition coefficient (Wildman–Crippen LogP) is 3.58. The molecular formula is C18H19NO3S. The number of hydrogen-bond donors (Lipinski definition) is 2. The minimum Gasteiger partial charge on any atom is -0.504 e. The summed E-state index contributed by atoms with van der Waals surface area (Å²) in [5.41, 5.74) is 6.63. The van der Waals surface area contributed by atoms with Crippen molar-refractivity contribution in [3.05, 3.63) is 59.7 Å². The number of thioether (sulfide) groups is 1. The largest absolute Gasteiger partial charge is 0.504 e. The summed E-state index contributed by atoms with van der Waals surface area (Å²) in [4.78, 5) is 12.0. The first kappa shape index (κ1) is 17.0. The molecule has 0 atom stereocenters. The van der Waals surface area contributed by atoms with E-state index in [2.05, 4.69) is 0 Å². The van der Waals surface area contributed by atoms with Crippen molar-refractivity contribution in [2.24, 2.45) is 5.73 Å². The van der Waals surface area contributed by atoms with E-state index in [1.54, 1.807) is 23.9 Å². The van der Waals surface area contributed by atoms with Crippen LogP contribution in [0.5, 0.6) is 11.5 Å². The molecule has 0 aromatic heterocycles. The van der Waals surface area contributed by atoms with Gasteiger partial charge in [0, 0.05) is 22.3 Å². The Morgan fingerprint density at radius 2 is 2.04 bits per heavy atom. The number of phenols is 1.